The third-order valence-electron chi connectivity index (χ3n) is 1.26. The molecule has 1 aromatic rings. The Labute approximate surface area is 56.9 Å². The van der Waals surface area contributed by atoms with E-state index in [1.54, 1.807) is 6.92 Å². The van der Waals surface area contributed by atoms with Gasteiger partial charge in [-0.1, -0.05) is 6.92 Å². The maximum Gasteiger partial charge on any atom is 0.270 e. The molecule has 0 aliphatic heterocycles. The lowest BCUT2D eigenvalue weighted by molar-refractivity contribution is 0.593. The summed E-state index contributed by atoms with van der Waals surface area (Å²) in [6.45, 7) is 1.72. The molecule has 0 aromatic carbocycles. The van der Waals surface area contributed by atoms with E-state index in [1.807, 2.05) is 0 Å². The van der Waals surface area contributed by atoms with Crippen LogP contribution in [0.3, 0.4) is 0 Å². The van der Waals surface area contributed by atoms with E-state index in [9.17, 15) is 9.18 Å². The Hall–Kier alpha value is -1.19. The molecule has 0 spiro atoms. The number of rotatable bonds is 1. The summed E-state index contributed by atoms with van der Waals surface area (Å²) in [5.74, 6) is -0.536. The van der Waals surface area contributed by atoms with Crippen LogP contribution in [0.25, 0.3) is 0 Å². The van der Waals surface area contributed by atoms with E-state index in [0.717, 1.165) is 6.20 Å². The van der Waals surface area contributed by atoms with Crippen LogP contribution in [0.15, 0.2) is 11.0 Å². The van der Waals surface area contributed by atoms with Crippen LogP contribution in [0.1, 0.15) is 12.5 Å². The van der Waals surface area contributed by atoms with Gasteiger partial charge >= 0.3 is 0 Å². The van der Waals surface area contributed by atoms with Gasteiger partial charge in [0, 0.05) is 0 Å². The van der Waals surface area contributed by atoms with Crippen LogP contribution in [0, 0.1) is 5.82 Å². The van der Waals surface area contributed by atoms with Crippen LogP contribution in [-0.4, -0.2) is 10.2 Å². The van der Waals surface area contributed by atoms with Crippen LogP contribution >= 0.6 is 0 Å². The number of aromatic amines is 1. The van der Waals surface area contributed by atoms with E-state index >= 15 is 0 Å². The van der Waals surface area contributed by atoms with Crippen molar-refractivity contribution in [1.29, 1.82) is 0 Å². The van der Waals surface area contributed by atoms with E-state index in [-0.39, 0.29) is 5.56 Å². The van der Waals surface area contributed by atoms with Gasteiger partial charge in [-0.15, -0.1) is 0 Å². The van der Waals surface area contributed by atoms with Crippen LogP contribution < -0.4 is 5.56 Å². The second kappa shape index (κ2) is 2.60. The molecule has 0 unspecified atom stereocenters. The molecule has 1 rings (SSSR count). The Bertz CT molecular complexity index is 281. The zero-order valence-corrected chi connectivity index (χ0v) is 5.52. The molecule has 0 aliphatic carbocycles. The van der Waals surface area contributed by atoms with Gasteiger partial charge in [0.25, 0.3) is 5.56 Å². The Kier molecular flexibility index (Phi) is 1.80. The lowest BCUT2D eigenvalue weighted by Gasteiger charge is -1.93. The molecule has 0 aliphatic rings. The van der Waals surface area contributed by atoms with Gasteiger partial charge in [-0.05, 0) is 6.42 Å². The van der Waals surface area contributed by atoms with Crippen molar-refractivity contribution in [1.82, 2.24) is 10.2 Å². The van der Waals surface area contributed by atoms with Gasteiger partial charge in [0.2, 0.25) is 0 Å². The average Bonchev–Trinajstić information content (AvgIpc) is 1.88. The van der Waals surface area contributed by atoms with Crippen LogP contribution in [-0.2, 0) is 6.42 Å². The molecule has 1 N–H and O–H groups in total. The molecule has 3 nitrogen and oxygen atoms in total. The van der Waals surface area contributed by atoms with Gasteiger partial charge in [0.05, 0.1) is 11.8 Å². The summed E-state index contributed by atoms with van der Waals surface area (Å²) in [4.78, 5) is 10.7. The highest BCUT2D eigenvalue weighted by Gasteiger charge is 2.02. The first-order chi connectivity index (χ1) is 4.75. The van der Waals surface area contributed by atoms with E-state index in [0.29, 0.717) is 6.42 Å². The number of halogens is 1. The van der Waals surface area contributed by atoms with Crippen LogP contribution in [0.5, 0.6) is 0 Å². The van der Waals surface area contributed by atoms with Crippen molar-refractivity contribution in [3.05, 3.63) is 27.9 Å². The van der Waals surface area contributed by atoms with Crippen molar-refractivity contribution in [2.75, 3.05) is 0 Å². The second-order valence-electron chi connectivity index (χ2n) is 1.88. The average molecular weight is 142 g/mol. The van der Waals surface area contributed by atoms with Gasteiger partial charge < -0.3 is 0 Å². The molecule has 4 heteroatoms. The maximum atomic E-state index is 12.6. The number of aromatic nitrogens is 2. The fraction of sp³-hybridized carbons (Fsp3) is 0.333. The summed E-state index contributed by atoms with van der Waals surface area (Å²) in [5, 5.41) is 5.43. The highest BCUT2D eigenvalue weighted by molar-refractivity contribution is 5.07. The summed E-state index contributed by atoms with van der Waals surface area (Å²) in [7, 11) is 0. The molecule has 0 radical (unpaired) electrons. The monoisotopic (exact) mass is 142 g/mol. The fourth-order valence-electron chi connectivity index (χ4n) is 0.731. The lowest BCUT2D eigenvalue weighted by atomic mass is 10.2. The summed E-state index contributed by atoms with van der Waals surface area (Å²) in [6, 6.07) is 0. The van der Waals surface area contributed by atoms with Gasteiger partial charge in [-0.25, -0.2) is 9.49 Å². The molecule has 0 amide bonds. The van der Waals surface area contributed by atoms with Crippen molar-refractivity contribution in [2.24, 2.45) is 0 Å². The topological polar surface area (TPSA) is 45.8 Å². The molecular formula is C6H7FN2O. The second-order valence-corrected chi connectivity index (χ2v) is 1.88. The zero-order valence-electron chi connectivity index (χ0n) is 5.52. The van der Waals surface area contributed by atoms with E-state index in [2.05, 4.69) is 10.2 Å². The molecule has 0 saturated carbocycles. The number of H-pyrrole nitrogens is 1. The van der Waals surface area contributed by atoms with Crippen molar-refractivity contribution >= 4 is 0 Å². The van der Waals surface area contributed by atoms with Gasteiger partial charge in [-0.3, -0.25) is 4.79 Å². The minimum absolute atomic E-state index is 0.162. The molecule has 0 saturated heterocycles. The maximum absolute atomic E-state index is 12.6. The van der Waals surface area contributed by atoms with Gasteiger partial charge in [0.1, 0.15) is 0 Å². The molecular weight excluding hydrogens is 135 g/mol. The number of hydrogen-bond acceptors (Lipinski definition) is 2. The molecule has 10 heavy (non-hydrogen) atoms. The first kappa shape index (κ1) is 6.92. The third kappa shape index (κ3) is 1.05. The largest absolute Gasteiger partial charge is 0.270 e. The summed E-state index contributed by atoms with van der Waals surface area (Å²) >= 11 is 0. The predicted octanol–water partition coefficient (Wildman–Crippen LogP) is 0.471. The Morgan fingerprint density at radius 3 is 2.90 bits per heavy atom. The summed E-state index contributed by atoms with van der Waals surface area (Å²) in [5.41, 5.74) is -0.280. The quantitative estimate of drug-likeness (QED) is 0.619. The minimum atomic E-state index is -0.536. The summed E-state index contributed by atoms with van der Waals surface area (Å²) < 4.78 is 12.6. The van der Waals surface area contributed by atoms with Crippen molar-refractivity contribution in [2.45, 2.75) is 13.3 Å². The van der Waals surface area contributed by atoms with Crippen molar-refractivity contribution in [3.8, 4) is 0 Å². The van der Waals surface area contributed by atoms with Crippen LogP contribution in [0.4, 0.5) is 4.39 Å². The van der Waals surface area contributed by atoms with Gasteiger partial charge in [0.15, 0.2) is 5.82 Å². The number of nitrogens with zero attached hydrogens (tertiary/aromatic N) is 1. The standard InChI is InChI=1S/C6H7FN2O/c1-2-4-5(7)3-8-9-6(4)10/h3H,2H2,1H3,(H,9,10). The molecule has 0 atom stereocenters. The number of nitrogens with one attached hydrogen (secondary N) is 1. The van der Waals surface area contributed by atoms with Gasteiger partial charge in [-0.2, -0.15) is 5.10 Å². The Balaban J connectivity index is 3.31. The minimum Gasteiger partial charge on any atom is -0.268 e. The molecule has 0 bridgehead atoms. The number of hydrogen-bond donors (Lipinski definition) is 1. The first-order valence-electron chi connectivity index (χ1n) is 2.97. The summed E-state index contributed by atoms with van der Waals surface area (Å²) in [6.07, 6.45) is 1.39. The molecule has 54 valence electrons. The highest BCUT2D eigenvalue weighted by atomic mass is 19.1. The van der Waals surface area contributed by atoms with E-state index in [1.165, 1.54) is 0 Å². The smallest absolute Gasteiger partial charge is 0.268 e. The van der Waals surface area contributed by atoms with E-state index in [4.69, 9.17) is 0 Å². The molecule has 1 aromatic heterocycles. The Morgan fingerprint density at radius 2 is 2.50 bits per heavy atom. The third-order valence-corrected chi connectivity index (χ3v) is 1.26. The van der Waals surface area contributed by atoms with Crippen LogP contribution in [0.2, 0.25) is 0 Å². The van der Waals surface area contributed by atoms with Crippen molar-refractivity contribution < 1.29 is 4.39 Å². The fourth-order valence-corrected chi connectivity index (χ4v) is 0.731. The van der Waals surface area contributed by atoms with Crippen molar-refractivity contribution in [3.63, 3.8) is 0 Å². The predicted molar refractivity (Wildman–Crippen MR) is 34.2 cm³/mol. The highest BCUT2D eigenvalue weighted by Crippen LogP contribution is 1.96. The molecule has 0 fully saturated rings. The molecule has 1 heterocycles. The SMILES string of the molecule is CCc1c(F)cn[nH]c1=O. The first-order valence-corrected chi connectivity index (χ1v) is 2.97. The normalized spacial score (nSPS) is 9.80. The van der Waals surface area contributed by atoms with E-state index < -0.39 is 11.4 Å². The zero-order chi connectivity index (χ0) is 7.56. The lowest BCUT2D eigenvalue weighted by Crippen LogP contribution is -2.15. The Morgan fingerprint density at radius 1 is 1.80 bits per heavy atom.